The Balaban J connectivity index is 1.64. The number of nitrogens with zero attached hydrogens (tertiary/aromatic N) is 1. The minimum absolute atomic E-state index is 0.840. The summed E-state index contributed by atoms with van der Waals surface area (Å²) in [6.07, 6.45) is 2.14. The van der Waals surface area contributed by atoms with Gasteiger partial charge >= 0.3 is 0 Å². The molecule has 22 heavy (non-hydrogen) atoms. The van der Waals surface area contributed by atoms with E-state index in [0.29, 0.717) is 0 Å². The fraction of sp³-hybridized carbons (Fsp3) is 0.368. The fourth-order valence-electron chi connectivity index (χ4n) is 3.08. The van der Waals surface area contributed by atoms with Crippen molar-refractivity contribution in [2.75, 3.05) is 27.3 Å². The first-order valence-electron chi connectivity index (χ1n) is 7.80. The minimum atomic E-state index is 0.840. The zero-order chi connectivity index (χ0) is 15.4. The highest BCUT2D eigenvalue weighted by atomic mass is 16.5. The van der Waals surface area contributed by atoms with Gasteiger partial charge in [-0.2, -0.15) is 0 Å². The van der Waals surface area contributed by atoms with Crippen LogP contribution in [0.15, 0.2) is 42.5 Å². The monoisotopic (exact) mass is 297 g/mol. The standard InChI is InChI=1S/C19H23NO2/c1-21-18-8-7-16(19(13-18)22-2)10-12-20-11-9-15-5-3-4-6-17(15)14-20/h3-8,13H,9-12,14H2,1-2H3. The zero-order valence-electron chi connectivity index (χ0n) is 13.3. The lowest BCUT2D eigenvalue weighted by Gasteiger charge is -2.28. The molecule has 116 valence electrons. The normalized spacial score (nSPS) is 14.5. The minimum Gasteiger partial charge on any atom is -0.497 e. The summed E-state index contributed by atoms with van der Waals surface area (Å²) in [7, 11) is 3.40. The lowest BCUT2D eigenvalue weighted by Crippen LogP contribution is -2.32. The van der Waals surface area contributed by atoms with Gasteiger partial charge in [-0.3, -0.25) is 4.90 Å². The number of hydrogen-bond donors (Lipinski definition) is 0. The van der Waals surface area contributed by atoms with E-state index in [9.17, 15) is 0 Å². The molecule has 0 fully saturated rings. The van der Waals surface area contributed by atoms with Crippen molar-refractivity contribution < 1.29 is 9.47 Å². The largest absolute Gasteiger partial charge is 0.497 e. The Hall–Kier alpha value is -2.00. The molecule has 3 heteroatoms. The van der Waals surface area contributed by atoms with E-state index >= 15 is 0 Å². The first kappa shape index (κ1) is 14.9. The molecular weight excluding hydrogens is 274 g/mol. The first-order valence-corrected chi connectivity index (χ1v) is 7.80. The maximum Gasteiger partial charge on any atom is 0.125 e. The summed E-state index contributed by atoms with van der Waals surface area (Å²) in [6.45, 7) is 3.24. The third-order valence-electron chi connectivity index (χ3n) is 4.40. The van der Waals surface area contributed by atoms with Crippen LogP contribution in [0.1, 0.15) is 16.7 Å². The average Bonchev–Trinajstić information content (AvgIpc) is 2.59. The second-order valence-electron chi connectivity index (χ2n) is 5.72. The third kappa shape index (κ3) is 3.25. The highest BCUT2D eigenvalue weighted by Gasteiger charge is 2.16. The quantitative estimate of drug-likeness (QED) is 0.845. The summed E-state index contributed by atoms with van der Waals surface area (Å²) >= 11 is 0. The number of benzene rings is 2. The van der Waals surface area contributed by atoms with Gasteiger partial charge in [-0.1, -0.05) is 30.3 Å². The highest BCUT2D eigenvalue weighted by molar-refractivity contribution is 5.41. The Kier molecular flexibility index (Phi) is 4.64. The van der Waals surface area contributed by atoms with Crippen LogP contribution in [0.2, 0.25) is 0 Å². The van der Waals surface area contributed by atoms with Gasteiger partial charge in [0.05, 0.1) is 14.2 Å². The number of rotatable bonds is 5. The Labute approximate surface area is 132 Å². The van der Waals surface area contributed by atoms with Gasteiger partial charge in [0, 0.05) is 25.7 Å². The van der Waals surface area contributed by atoms with E-state index in [4.69, 9.17) is 9.47 Å². The van der Waals surface area contributed by atoms with Crippen LogP contribution in [0.5, 0.6) is 11.5 Å². The van der Waals surface area contributed by atoms with E-state index in [-0.39, 0.29) is 0 Å². The van der Waals surface area contributed by atoms with E-state index in [0.717, 1.165) is 44.0 Å². The predicted molar refractivity (Wildman–Crippen MR) is 88.7 cm³/mol. The smallest absolute Gasteiger partial charge is 0.125 e. The molecular formula is C19H23NO2. The molecule has 1 aliphatic rings. The molecule has 1 heterocycles. The van der Waals surface area contributed by atoms with Gasteiger partial charge < -0.3 is 9.47 Å². The molecule has 0 aliphatic carbocycles. The van der Waals surface area contributed by atoms with Crippen molar-refractivity contribution in [1.82, 2.24) is 4.90 Å². The predicted octanol–water partition coefficient (Wildman–Crippen LogP) is 3.30. The van der Waals surface area contributed by atoms with E-state index in [1.54, 1.807) is 14.2 Å². The molecule has 1 aliphatic heterocycles. The van der Waals surface area contributed by atoms with Gasteiger partial charge in [0.2, 0.25) is 0 Å². The molecule has 0 amide bonds. The second-order valence-corrected chi connectivity index (χ2v) is 5.72. The second kappa shape index (κ2) is 6.84. The average molecular weight is 297 g/mol. The van der Waals surface area contributed by atoms with Crippen LogP contribution >= 0.6 is 0 Å². The summed E-state index contributed by atoms with van der Waals surface area (Å²) in [5, 5.41) is 0. The third-order valence-corrected chi connectivity index (χ3v) is 4.40. The molecule has 3 rings (SSSR count). The number of methoxy groups -OCH3 is 2. The van der Waals surface area contributed by atoms with Crippen LogP contribution in [-0.2, 0) is 19.4 Å². The van der Waals surface area contributed by atoms with Crippen molar-refractivity contribution in [2.45, 2.75) is 19.4 Å². The van der Waals surface area contributed by atoms with Crippen molar-refractivity contribution in [3.8, 4) is 11.5 Å². The summed E-state index contributed by atoms with van der Waals surface area (Å²) < 4.78 is 10.7. The molecule has 0 saturated carbocycles. The Bertz CT molecular complexity index is 639. The maximum absolute atomic E-state index is 5.49. The summed E-state index contributed by atoms with van der Waals surface area (Å²) in [5.74, 6) is 1.75. The molecule has 2 aromatic carbocycles. The summed E-state index contributed by atoms with van der Waals surface area (Å²) in [6, 6.07) is 14.8. The van der Waals surface area contributed by atoms with Crippen LogP contribution in [0.25, 0.3) is 0 Å². The zero-order valence-corrected chi connectivity index (χ0v) is 13.3. The van der Waals surface area contributed by atoms with Crippen LogP contribution in [-0.4, -0.2) is 32.2 Å². The first-order chi connectivity index (χ1) is 10.8. The maximum atomic E-state index is 5.49. The van der Waals surface area contributed by atoms with E-state index in [2.05, 4.69) is 35.2 Å². The van der Waals surface area contributed by atoms with Crippen LogP contribution in [0.3, 0.4) is 0 Å². The molecule has 0 saturated heterocycles. The van der Waals surface area contributed by atoms with Gasteiger partial charge in [-0.25, -0.2) is 0 Å². The SMILES string of the molecule is COc1ccc(CCN2CCc3ccccc3C2)c(OC)c1. The molecule has 0 N–H and O–H groups in total. The van der Waals surface area contributed by atoms with Crippen molar-refractivity contribution in [2.24, 2.45) is 0 Å². The van der Waals surface area contributed by atoms with E-state index in [1.165, 1.54) is 16.7 Å². The van der Waals surface area contributed by atoms with Gasteiger partial charge in [-0.05, 0) is 35.6 Å². The molecule has 0 unspecified atom stereocenters. The number of ether oxygens (including phenoxy) is 2. The number of hydrogen-bond acceptors (Lipinski definition) is 3. The molecule has 0 atom stereocenters. The summed E-state index contributed by atoms with van der Waals surface area (Å²) in [5.41, 5.74) is 4.21. The Morgan fingerprint density at radius 2 is 1.82 bits per heavy atom. The lowest BCUT2D eigenvalue weighted by molar-refractivity contribution is 0.256. The van der Waals surface area contributed by atoms with Crippen LogP contribution < -0.4 is 9.47 Å². The van der Waals surface area contributed by atoms with E-state index in [1.807, 2.05) is 12.1 Å². The van der Waals surface area contributed by atoms with Crippen LogP contribution in [0, 0.1) is 0 Å². The Morgan fingerprint density at radius 3 is 2.59 bits per heavy atom. The fourth-order valence-corrected chi connectivity index (χ4v) is 3.08. The molecule has 0 radical (unpaired) electrons. The van der Waals surface area contributed by atoms with Gasteiger partial charge in [-0.15, -0.1) is 0 Å². The van der Waals surface area contributed by atoms with Crippen molar-refractivity contribution in [1.29, 1.82) is 0 Å². The number of fused-ring (bicyclic) bond motifs is 1. The Morgan fingerprint density at radius 1 is 1.00 bits per heavy atom. The van der Waals surface area contributed by atoms with Gasteiger partial charge in [0.1, 0.15) is 11.5 Å². The van der Waals surface area contributed by atoms with Crippen molar-refractivity contribution in [3.05, 3.63) is 59.2 Å². The topological polar surface area (TPSA) is 21.7 Å². The summed E-state index contributed by atoms with van der Waals surface area (Å²) in [4.78, 5) is 2.52. The van der Waals surface area contributed by atoms with Gasteiger partial charge in [0.15, 0.2) is 0 Å². The molecule has 0 bridgehead atoms. The van der Waals surface area contributed by atoms with Crippen molar-refractivity contribution in [3.63, 3.8) is 0 Å². The molecule has 3 nitrogen and oxygen atoms in total. The lowest BCUT2D eigenvalue weighted by atomic mass is 9.99. The van der Waals surface area contributed by atoms with Crippen molar-refractivity contribution >= 4 is 0 Å². The highest BCUT2D eigenvalue weighted by Crippen LogP contribution is 2.26. The molecule has 0 aromatic heterocycles. The van der Waals surface area contributed by atoms with Gasteiger partial charge in [0.25, 0.3) is 0 Å². The molecule has 0 spiro atoms. The van der Waals surface area contributed by atoms with Crippen LogP contribution in [0.4, 0.5) is 0 Å². The molecule has 2 aromatic rings. The van der Waals surface area contributed by atoms with E-state index < -0.39 is 0 Å².